The predicted octanol–water partition coefficient (Wildman–Crippen LogP) is 5.85. The Morgan fingerprint density at radius 3 is 2.46 bits per heavy atom. The molecular formula is C27H19F3N4O4S. The maximum Gasteiger partial charge on any atom is 0.416 e. The molecule has 0 bridgehead atoms. The molecule has 0 aromatic heterocycles. The van der Waals surface area contributed by atoms with Crippen molar-refractivity contribution in [2.75, 3.05) is 10.3 Å². The first kappa shape index (κ1) is 26.0. The lowest BCUT2D eigenvalue weighted by Gasteiger charge is -2.19. The summed E-state index contributed by atoms with van der Waals surface area (Å²) in [5.74, 6) is -1.57. The molecule has 3 aromatic rings. The molecule has 0 saturated carbocycles. The van der Waals surface area contributed by atoms with Crippen LogP contribution in [-0.4, -0.2) is 27.9 Å². The van der Waals surface area contributed by atoms with E-state index in [1.807, 2.05) is 13.8 Å². The summed E-state index contributed by atoms with van der Waals surface area (Å²) >= 11 is 0.684. The van der Waals surface area contributed by atoms with Gasteiger partial charge < -0.3 is 5.11 Å². The standard InChI is InChI=1S/C27H19F3N4O4S/c1-13-6-8-17(10-14(13)2)34-20-12-16(27(28,29)30)7-9-18(20)22(25(34)37)33-32-19-5-3-4-15(23(19)35)11-21-24(36)31-26(38)39-21/h3-12,32,35H,1-2H3,(H,31,36,38)/b21-11-,33-22-. The molecule has 1 fully saturated rings. The molecule has 3 aromatic carbocycles. The zero-order valence-corrected chi connectivity index (χ0v) is 21.2. The van der Waals surface area contributed by atoms with Crippen LogP contribution in [0.1, 0.15) is 27.8 Å². The Morgan fingerprint density at radius 1 is 1.03 bits per heavy atom. The number of aromatic hydroxyl groups is 1. The number of imide groups is 1. The van der Waals surface area contributed by atoms with Crippen LogP contribution < -0.4 is 15.6 Å². The summed E-state index contributed by atoms with van der Waals surface area (Å²) in [6, 6.07) is 12.6. The van der Waals surface area contributed by atoms with E-state index in [1.54, 1.807) is 24.3 Å². The third-order valence-electron chi connectivity index (χ3n) is 6.26. The van der Waals surface area contributed by atoms with Crippen molar-refractivity contribution < 1.29 is 32.7 Å². The third-order valence-corrected chi connectivity index (χ3v) is 7.07. The van der Waals surface area contributed by atoms with E-state index < -0.39 is 28.8 Å². The van der Waals surface area contributed by atoms with Gasteiger partial charge in [-0.05, 0) is 79.2 Å². The van der Waals surface area contributed by atoms with Crippen molar-refractivity contribution in [1.29, 1.82) is 0 Å². The van der Waals surface area contributed by atoms with Crippen LogP contribution in [0, 0.1) is 13.8 Å². The molecule has 0 unspecified atom stereocenters. The number of benzene rings is 3. The van der Waals surface area contributed by atoms with Gasteiger partial charge in [0.15, 0.2) is 5.71 Å². The number of hydrazone groups is 1. The van der Waals surface area contributed by atoms with Crippen molar-refractivity contribution in [3.63, 3.8) is 0 Å². The Labute approximate surface area is 224 Å². The molecule has 0 radical (unpaired) electrons. The smallest absolute Gasteiger partial charge is 0.416 e. The SMILES string of the molecule is Cc1ccc(N2C(=O)/C(=N\Nc3cccc(/C=C4\SC(=O)NC4=O)c3O)c3ccc(C(F)(F)F)cc32)cc1C. The highest BCUT2D eigenvalue weighted by Gasteiger charge is 2.39. The van der Waals surface area contributed by atoms with E-state index >= 15 is 0 Å². The molecule has 3 amide bonds. The summed E-state index contributed by atoms with van der Waals surface area (Å²) in [5, 5.41) is 16.5. The van der Waals surface area contributed by atoms with E-state index in [0.717, 1.165) is 23.3 Å². The number of halogens is 3. The van der Waals surface area contributed by atoms with Crippen molar-refractivity contribution >= 4 is 57.7 Å². The number of phenolic OH excluding ortho intramolecular Hbond substituents is 1. The second-order valence-corrected chi connectivity index (χ2v) is 9.82. The molecule has 5 rings (SSSR count). The van der Waals surface area contributed by atoms with Crippen LogP contribution in [0.2, 0.25) is 0 Å². The van der Waals surface area contributed by atoms with Gasteiger partial charge in [-0.3, -0.25) is 30.0 Å². The van der Waals surface area contributed by atoms with E-state index in [9.17, 15) is 32.7 Å². The highest BCUT2D eigenvalue weighted by atomic mass is 32.2. The predicted molar refractivity (Wildman–Crippen MR) is 142 cm³/mol. The molecule has 2 aliphatic heterocycles. The van der Waals surface area contributed by atoms with Gasteiger partial charge in [0.2, 0.25) is 0 Å². The van der Waals surface area contributed by atoms with E-state index in [1.165, 1.54) is 29.2 Å². The fraction of sp³-hybridized carbons (Fsp3) is 0.111. The number of carbonyl (C=O) groups is 3. The van der Waals surface area contributed by atoms with Crippen LogP contribution >= 0.6 is 11.8 Å². The lowest BCUT2D eigenvalue weighted by atomic mass is 10.1. The number of thioether (sulfide) groups is 1. The zero-order chi connectivity index (χ0) is 28.1. The molecule has 3 N–H and O–H groups in total. The Bertz CT molecular complexity index is 1630. The molecule has 8 nitrogen and oxygen atoms in total. The van der Waals surface area contributed by atoms with Crippen molar-refractivity contribution in [2.24, 2.45) is 5.10 Å². The lowest BCUT2D eigenvalue weighted by molar-refractivity contribution is -0.137. The second-order valence-electron chi connectivity index (χ2n) is 8.81. The second kappa shape index (κ2) is 9.62. The minimum atomic E-state index is -4.62. The highest BCUT2D eigenvalue weighted by molar-refractivity contribution is 8.18. The third kappa shape index (κ3) is 4.86. The zero-order valence-electron chi connectivity index (χ0n) is 20.4. The average Bonchev–Trinajstić information content (AvgIpc) is 3.34. The minimum absolute atomic E-state index is 0.0234. The van der Waals surface area contributed by atoms with E-state index in [2.05, 4.69) is 15.8 Å². The summed E-state index contributed by atoms with van der Waals surface area (Å²) in [6.07, 6.45) is -3.29. The number of hydrogen-bond acceptors (Lipinski definition) is 7. The molecule has 0 atom stereocenters. The number of carbonyl (C=O) groups excluding carboxylic acids is 3. The molecule has 12 heteroatoms. The Hall–Kier alpha value is -4.58. The van der Waals surface area contributed by atoms with Gasteiger partial charge in [-0.15, -0.1) is 0 Å². The van der Waals surface area contributed by atoms with Crippen LogP contribution in [0.15, 0.2) is 64.6 Å². The Kier molecular flexibility index (Phi) is 6.43. The van der Waals surface area contributed by atoms with Gasteiger partial charge in [-0.2, -0.15) is 18.3 Å². The van der Waals surface area contributed by atoms with Crippen LogP contribution in [0.5, 0.6) is 5.75 Å². The maximum absolute atomic E-state index is 13.5. The Morgan fingerprint density at radius 2 is 1.79 bits per heavy atom. The van der Waals surface area contributed by atoms with Crippen molar-refractivity contribution in [3.8, 4) is 5.75 Å². The van der Waals surface area contributed by atoms with E-state index in [-0.39, 0.29) is 38.9 Å². The number of para-hydroxylation sites is 1. The number of phenols is 1. The molecule has 39 heavy (non-hydrogen) atoms. The number of fused-ring (bicyclic) bond motifs is 1. The number of anilines is 3. The number of nitrogens with one attached hydrogen (secondary N) is 2. The van der Waals surface area contributed by atoms with Crippen molar-refractivity contribution in [2.45, 2.75) is 20.0 Å². The summed E-state index contributed by atoms with van der Waals surface area (Å²) in [4.78, 5) is 38.1. The van der Waals surface area contributed by atoms with Gasteiger partial charge in [0, 0.05) is 16.8 Å². The summed E-state index contributed by atoms with van der Waals surface area (Å²) in [5.41, 5.74) is 4.20. The number of amides is 3. The number of hydrogen-bond donors (Lipinski definition) is 3. The first-order valence-electron chi connectivity index (χ1n) is 11.5. The van der Waals surface area contributed by atoms with Gasteiger partial charge in [0.1, 0.15) is 5.75 Å². The fourth-order valence-corrected chi connectivity index (χ4v) is 4.77. The number of aryl methyl sites for hydroxylation is 2. The summed E-state index contributed by atoms with van der Waals surface area (Å²) in [7, 11) is 0. The minimum Gasteiger partial charge on any atom is -0.505 e. The largest absolute Gasteiger partial charge is 0.505 e. The van der Waals surface area contributed by atoms with Crippen molar-refractivity contribution in [3.05, 3.63) is 87.3 Å². The van der Waals surface area contributed by atoms with Gasteiger partial charge in [-0.1, -0.05) is 18.2 Å². The molecule has 2 heterocycles. The van der Waals surface area contributed by atoms with Crippen LogP contribution in [-0.2, 0) is 15.8 Å². The normalized spacial score (nSPS) is 17.3. The average molecular weight is 553 g/mol. The lowest BCUT2D eigenvalue weighted by Crippen LogP contribution is -2.26. The number of nitrogens with zero attached hydrogens (tertiary/aromatic N) is 2. The number of alkyl halides is 3. The van der Waals surface area contributed by atoms with Gasteiger partial charge in [0.25, 0.3) is 17.1 Å². The fourth-order valence-electron chi connectivity index (χ4n) is 4.10. The first-order valence-corrected chi connectivity index (χ1v) is 12.3. The van der Waals surface area contributed by atoms with E-state index in [0.29, 0.717) is 17.4 Å². The number of rotatable bonds is 4. The van der Waals surface area contributed by atoms with Gasteiger partial charge in [0.05, 0.1) is 21.8 Å². The van der Waals surface area contributed by atoms with Crippen LogP contribution in [0.25, 0.3) is 6.08 Å². The summed E-state index contributed by atoms with van der Waals surface area (Å²) in [6.45, 7) is 3.71. The highest BCUT2D eigenvalue weighted by Crippen LogP contribution is 2.41. The summed E-state index contributed by atoms with van der Waals surface area (Å²) < 4.78 is 40.5. The van der Waals surface area contributed by atoms with Gasteiger partial charge in [-0.25, -0.2) is 0 Å². The Balaban J connectivity index is 1.54. The van der Waals surface area contributed by atoms with Crippen LogP contribution in [0.3, 0.4) is 0 Å². The molecule has 0 aliphatic carbocycles. The molecule has 0 spiro atoms. The van der Waals surface area contributed by atoms with E-state index in [4.69, 9.17) is 0 Å². The maximum atomic E-state index is 13.5. The quantitative estimate of drug-likeness (QED) is 0.213. The topological polar surface area (TPSA) is 111 Å². The van der Waals surface area contributed by atoms with Crippen LogP contribution in [0.4, 0.5) is 35.0 Å². The van der Waals surface area contributed by atoms with Crippen molar-refractivity contribution in [1.82, 2.24) is 5.32 Å². The van der Waals surface area contributed by atoms with Gasteiger partial charge >= 0.3 is 6.18 Å². The first-order chi connectivity index (χ1) is 18.4. The molecule has 198 valence electrons. The monoisotopic (exact) mass is 552 g/mol. The molecular weight excluding hydrogens is 533 g/mol. The molecule has 2 aliphatic rings. The molecule has 1 saturated heterocycles.